The Labute approximate surface area is 154 Å². The predicted molar refractivity (Wildman–Crippen MR) is 105 cm³/mol. The molecule has 0 radical (unpaired) electrons. The first-order valence-corrected chi connectivity index (χ1v) is 8.84. The highest BCUT2D eigenvalue weighted by Crippen LogP contribution is 2.24. The lowest BCUT2D eigenvalue weighted by Gasteiger charge is -2.34. The third kappa shape index (κ3) is 4.97. The van der Waals surface area contributed by atoms with Crippen molar-refractivity contribution in [3.05, 3.63) is 60.2 Å². The zero-order chi connectivity index (χ0) is 18.2. The van der Waals surface area contributed by atoms with Gasteiger partial charge in [-0.15, -0.1) is 0 Å². The number of guanidine groups is 1. The van der Waals surface area contributed by atoms with E-state index in [1.807, 2.05) is 42.5 Å². The molecule has 1 atom stereocenters. The number of nitrogens with one attached hydrogen (secondary N) is 1. The van der Waals surface area contributed by atoms with Crippen LogP contribution in [-0.2, 0) is 4.74 Å². The summed E-state index contributed by atoms with van der Waals surface area (Å²) in [7, 11) is 1.68. The van der Waals surface area contributed by atoms with Crippen LogP contribution in [-0.4, -0.2) is 50.8 Å². The van der Waals surface area contributed by atoms with Crippen LogP contribution in [0.4, 0.5) is 5.69 Å². The standard InChI is InChI=1S/C20H26N4O2/c1-25-18-9-7-16(8-10-18)19(24-11-13-26-14-12-24)15-22-20(21)23-17-5-3-2-4-6-17/h2-10,19H,11-15H2,1H3,(H3,21,22,23). The number of morpholine rings is 1. The first kappa shape index (κ1) is 18.2. The van der Waals surface area contributed by atoms with Gasteiger partial charge in [0.1, 0.15) is 5.75 Å². The average Bonchev–Trinajstić information content (AvgIpc) is 2.70. The van der Waals surface area contributed by atoms with E-state index in [2.05, 4.69) is 27.3 Å². The van der Waals surface area contributed by atoms with Gasteiger partial charge in [0.25, 0.3) is 0 Å². The Morgan fingerprint density at radius 3 is 2.50 bits per heavy atom. The number of nitrogens with zero attached hydrogens (tertiary/aromatic N) is 2. The van der Waals surface area contributed by atoms with Crippen LogP contribution in [0.2, 0.25) is 0 Å². The molecule has 1 aliphatic rings. The minimum Gasteiger partial charge on any atom is -0.497 e. The highest BCUT2D eigenvalue weighted by atomic mass is 16.5. The van der Waals surface area contributed by atoms with E-state index in [9.17, 15) is 0 Å². The molecular formula is C20H26N4O2. The van der Waals surface area contributed by atoms with Crippen molar-refractivity contribution < 1.29 is 9.47 Å². The van der Waals surface area contributed by atoms with Gasteiger partial charge in [0, 0.05) is 18.8 Å². The lowest BCUT2D eigenvalue weighted by atomic mass is 10.0. The molecule has 0 aliphatic carbocycles. The van der Waals surface area contributed by atoms with E-state index in [-0.39, 0.29) is 6.04 Å². The fourth-order valence-electron chi connectivity index (χ4n) is 3.04. The van der Waals surface area contributed by atoms with Gasteiger partial charge in [-0.2, -0.15) is 0 Å². The Kier molecular flexibility index (Phi) is 6.46. The molecule has 1 aliphatic heterocycles. The smallest absolute Gasteiger partial charge is 0.193 e. The fraction of sp³-hybridized carbons (Fsp3) is 0.350. The largest absolute Gasteiger partial charge is 0.497 e. The Morgan fingerprint density at radius 1 is 1.15 bits per heavy atom. The molecule has 6 nitrogen and oxygen atoms in total. The second kappa shape index (κ2) is 9.22. The van der Waals surface area contributed by atoms with Gasteiger partial charge in [0.2, 0.25) is 0 Å². The highest BCUT2D eigenvalue weighted by Gasteiger charge is 2.22. The average molecular weight is 354 g/mol. The molecule has 3 rings (SSSR count). The monoisotopic (exact) mass is 354 g/mol. The van der Waals surface area contributed by atoms with E-state index < -0.39 is 0 Å². The molecule has 2 aromatic rings. The topological polar surface area (TPSA) is 72.1 Å². The van der Waals surface area contributed by atoms with Crippen LogP contribution in [0.1, 0.15) is 11.6 Å². The van der Waals surface area contributed by atoms with Crippen molar-refractivity contribution in [3.63, 3.8) is 0 Å². The molecule has 0 saturated carbocycles. The van der Waals surface area contributed by atoms with Crippen LogP contribution in [0.5, 0.6) is 5.75 Å². The molecule has 6 heteroatoms. The van der Waals surface area contributed by atoms with Crippen molar-refractivity contribution >= 4 is 11.6 Å². The van der Waals surface area contributed by atoms with Crippen LogP contribution < -0.4 is 15.8 Å². The van der Waals surface area contributed by atoms with Crippen molar-refractivity contribution in [2.24, 2.45) is 10.7 Å². The second-order valence-electron chi connectivity index (χ2n) is 6.15. The number of para-hydroxylation sites is 1. The second-order valence-corrected chi connectivity index (χ2v) is 6.15. The summed E-state index contributed by atoms with van der Waals surface area (Å²) in [4.78, 5) is 6.98. The van der Waals surface area contributed by atoms with Gasteiger partial charge in [-0.25, -0.2) is 0 Å². The summed E-state index contributed by atoms with van der Waals surface area (Å²) in [6, 6.07) is 18.1. The summed E-state index contributed by atoms with van der Waals surface area (Å²) < 4.78 is 10.8. The van der Waals surface area contributed by atoms with Crippen molar-refractivity contribution in [1.82, 2.24) is 4.90 Å². The zero-order valence-corrected chi connectivity index (χ0v) is 15.1. The molecular weight excluding hydrogens is 328 g/mol. The summed E-state index contributed by atoms with van der Waals surface area (Å²) >= 11 is 0. The third-order valence-corrected chi connectivity index (χ3v) is 4.47. The number of methoxy groups -OCH3 is 1. The molecule has 26 heavy (non-hydrogen) atoms. The minimum absolute atomic E-state index is 0.154. The summed E-state index contributed by atoms with van der Waals surface area (Å²) in [6.07, 6.45) is 0. The number of benzene rings is 2. The molecule has 1 unspecified atom stereocenters. The third-order valence-electron chi connectivity index (χ3n) is 4.47. The van der Waals surface area contributed by atoms with Crippen LogP contribution in [0.25, 0.3) is 0 Å². The van der Waals surface area contributed by atoms with Crippen LogP contribution in [0.15, 0.2) is 59.6 Å². The SMILES string of the molecule is COc1ccc(C(CN=C(N)Nc2ccccc2)N2CCOCC2)cc1. The van der Waals surface area contributed by atoms with Gasteiger partial charge in [0.05, 0.1) is 32.9 Å². The van der Waals surface area contributed by atoms with E-state index in [0.717, 1.165) is 37.7 Å². The summed E-state index contributed by atoms with van der Waals surface area (Å²) in [5.74, 6) is 1.27. The van der Waals surface area contributed by atoms with Gasteiger partial charge in [-0.05, 0) is 29.8 Å². The van der Waals surface area contributed by atoms with Crippen LogP contribution in [0, 0.1) is 0 Å². The number of nitrogens with two attached hydrogens (primary N) is 1. The lowest BCUT2D eigenvalue weighted by Crippen LogP contribution is -2.40. The number of hydrogen-bond acceptors (Lipinski definition) is 4. The molecule has 0 amide bonds. The van der Waals surface area contributed by atoms with E-state index in [4.69, 9.17) is 15.2 Å². The van der Waals surface area contributed by atoms with E-state index in [0.29, 0.717) is 12.5 Å². The highest BCUT2D eigenvalue weighted by molar-refractivity contribution is 5.92. The Morgan fingerprint density at radius 2 is 1.85 bits per heavy atom. The molecule has 1 heterocycles. The molecule has 1 saturated heterocycles. The van der Waals surface area contributed by atoms with Crippen molar-refractivity contribution in [3.8, 4) is 5.75 Å². The quantitative estimate of drug-likeness (QED) is 0.616. The van der Waals surface area contributed by atoms with Gasteiger partial charge in [0.15, 0.2) is 5.96 Å². The predicted octanol–water partition coefficient (Wildman–Crippen LogP) is 2.50. The number of ether oxygens (including phenoxy) is 2. The summed E-state index contributed by atoms with van der Waals surface area (Å²) in [5.41, 5.74) is 8.21. The maximum Gasteiger partial charge on any atom is 0.193 e. The first-order chi connectivity index (χ1) is 12.8. The summed E-state index contributed by atoms with van der Waals surface area (Å²) in [5, 5.41) is 3.13. The van der Waals surface area contributed by atoms with Gasteiger partial charge >= 0.3 is 0 Å². The van der Waals surface area contributed by atoms with Crippen molar-refractivity contribution in [2.45, 2.75) is 6.04 Å². The van der Waals surface area contributed by atoms with Gasteiger partial charge in [-0.3, -0.25) is 9.89 Å². The lowest BCUT2D eigenvalue weighted by molar-refractivity contribution is 0.0180. The molecule has 1 fully saturated rings. The molecule has 0 aromatic heterocycles. The normalized spacial score (nSPS) is 16.9. The number of anilines is 1. The Balaban J connectivity index is 1.73. The fourth-order valence-corrected chi connectivity index (χ4v) is 3.04. The molecule has 3 N–H and O–H groups in total. The molecule has 0 spiro atoms. The van der Waals surface area contributed by atoms with Gasteiger partial charge < -0.3 is 20.5 Å². The van der Waals surface area contributed by atoms with Crippen LogP contribution in [0.3, 0.4) is 0 Å². The Bertz CT molecular complexity index is 698. The maximum absolute atomic E-state index is 6.08. The Hall–Kier alpha value is -2.57. The van der Waals surface area contributed by atoms with E-state index in [1.165, 1.54) is 5.56 Å². The number of aliphatic imine (C=N–C) groups is 1. The molecule has 0 bridgehead atoms. The van der Waals surface area contributed by atoms with E-state index >= 15 is 0 Å². The first-order valence-electron chi connectivity index (χ1n) is 8.84. The minimum atomic E-state index is 0.154. The van der Waals surface area contributed by atoms with Gasteiger partial charge in [-0.1, -0.05) is 30.3 Å². The molecule has 2 aromatic carbocycles. The molecule has 138 valence electrons. The summed E-state index contributed by atoms with van der Waals surface area (Å²) in [6.45, 7) is 3.84. The number of rotatable bonds is 6. The number of hydrogen-bond donors (Lipinski definition) is 2. The van der Waals surface area contributed by atoms with E-state index in [1.54, 1.807) is 7.11 Å². The maximum atomic E-state index is 6.08. The van der Waals surface area contributed by atoms with Crippen molar-refractivity contribution in [2.75, 3.05) is 45.3 Å². The zero-order valence-electron chi connectivity index (χ0n) is 15.1. The van der Waals surface area contributed by atoms with Crippen molar-refractivity contribution in [1.29, 1.82) is 0 Å². The van der Waals surface area contributed by atoms with Crippen LogP contribution >= 0.6 is 0 Å².